The van der Waals surface area contributed by atoms with E-state index in [1.165, 1.54) is 96.3 Å². The number of rotatable bonds is 50. The zero-order chi connectivity index (χ0) is 80.6. The maximum Gasteiger partial charge on any atom is 0.220 e. The second kappa shape index (κ2) is 50.5. The van der Waals surface area contributed by atoms with Crippen molar-refractivity contribution in [3.05, 3.63) is 12.2 Å². The van der Waals surface area contributed by atoms with Gasteiger partial charge >= 0.3 is 0 Å². The summed E-state index contributed by atoms with van der Waals surface area (Å²) in [5, 5.41) is 208. The van der Waals surface area contributed by atoms with Crippen LogP contribution in [-0.2, 0) is 71.2 Å². The Hall–Kier alpha value is -3.05. The number of unbranched alkanes of at least 4 members (excludes halogenated alkanes) is 23. The van der Waals surface area contributed by atoms with Gasteiger partial charge in [0, 0.05) is 20.3 Å². The van der Waals surface area contributed by atoms with Crippen molar-refractivity contribution < 1.29 is 163 Å². The zero-order valence-corrected chi connectivity index (χ0v) is 64.1. The Morgan fingerprint density at radius 3 is 1.18 bits per heavy atom. The van der Waals surface area contributed by atoms with Gasteiger partial charge in [0.05, 0.1) is 58.4 Å². The second-order valence-corrected chi connectivity index (χ2v) is 29.9. The largest absolute Gasteiger partial charge is 0.394 e. The van der Waals surface area contributed by atoms with Crippen LogP contribution in [0.15, 0.2) is 12.2 Å². The fraction of sp³-hybridized carbons (Fsp3) is 0.932. The number of aliphatic hydroxyl groups is 18. The number of ether oxygens (including phenoxy) is 12. The van der Waals surface area contributed by atoms with Crippen LogP contribution < -0.4 is 16.0 Å². The van der Waals surface area contributed by atoms with Crippen molar-refractivity contribution >= 4 is 17.7 Å². The van der Waals surface area contributed by atoms with E-state index in [0.717, 1.165) is 65.2 Å². The number of allylic oxidation sites excluding steroid dienone is 1. The molecule has 0 aliphatic carbocycles. The molecule has 3 amide bonds. The van der Waals surface area contributed by atoms with Crippen molar-refractivity contribution in [2.24, 2.45) is 0 Å². The van der Waals surface area contributed by atoms with Crippen LogP contribution in [0.2, 0.25) is 0 Å². The van der Waals surface area contributed by atoms with Gasteiger partial charge in [0.15, 0.2) is 37.7 Å². The number of hydrogen-bond donors (Lipinski definition) is 21. The lowest BCUT2D eigenvalue weighted by Crippen LogP contribution is -2.71. The normalized spacial score (nSPS) is 37.7. The Labute approximate surface area is 643 Å². The fourth-order valence-corrected chi connectivity index (χ4v) is 14.7. The molecule has 36 nitrogen and oxygen atoms in total. The van der Waals surface area contributed by atoms with Gasteiger partial charge in [0.2, 0.25) is 17.7 Å². The number of hydrogen-bond acceptors (Lipinski definition) is 33. The van der Waals surface area contributed by atoms with E-state index in [-0.39, 0.29) is 12.3 Å². The molecule has 0 aromatic rings. The first-order chi connectivity index (χ1) is 52.8. The monoisotopic (exact) mass is 1590 g/mol. The lowest BCUT2D eigenvalue weighted by Gasteiger charge is -2.51. The van der Waals surface area contributed by atoms with Gasteiger partial charge in [0.1, 0.15) is 146 Å². The summed E-state index contributed by atoms with van der Waals surface area (Å²) in [5.74, 6) is -2.09. The van der Waals surface area contributed by atoms with E-state index in [0.29, 0.717) is 12.8 Å². The van der Waals surface area contributed by atoms with E-state index in [1.807, 2.05) is 6.08 Å². The van der Waals surface area contributed by atoms with Gasteiger partial charge in [-0.3, -0.25) is 14.4 Å². The first-order valence-electron chi connectivity index (χ1n) is 40.0. The highest BCUT2D eigenvalue weighted by atomic mass is 16.8. The Kier molecular flexibility index (Phi) is 44.0. The van der Waals surface area contributed by atoms with Crippen LogP contribution in [-0.4, -0.2) is 352 Å². The molecular weight excluding hydrogens is 1460 g/mol. The summed E-state index contributed by atoms with van der Waals surface area (Å²) in [6.07, 6.45) is -24.9. The lowest BCUT2D eigenvalue weighted by atomic mass is 9.93. The topological polar surface area (TPSA) is 562 Å². The van der Waals surface area contributed by atoms with Crippen LogP contribution in [0.25, 0.3) is 0 Å². The van der Waals surface area contributed by atoms with E-state index < -0.39 is 254 Å². The molecule has 6 rings (SSSR count). The number of aliphatic hydroxyl groups excluding tert-OH is 18. The van der Waals surface area contributed by atoms with Crippen LogP contribution >= 0.6 is 0 Å². The number of carbonyl (C=O) groups excluding carboxylic acids is 3. The summed E-state index contributed by atoms with van der Waals surface area (Å²) in [6.45, 7) is -0.170. The Morgan fingerprint density at radius 2 is 0.700 bits per heavy atom. The molecule has 6 aliphatic heterocycles. The average Bonchev–Trinajstić information content (AvgIpc) is 0.765. The average molecular weight is 1590 g/mol. The van der Waals surface area contributed by atoms with Crippen LogP contribution in [0.4, 0.5) is 0 Å². The third-order valence-corrected chi connectivity index (χ3v) is 21.2. The number of carbonyl (C=O) groups is 3. The molecule has 0 bridgehead atoms. The van der Waals surface area contributed by atoms with Gasteiger partial charge < -0.3 is 165 Å². The summed E-state index contributed by atoms with van der Waals surface area (Å²) in [4.78, 5) is 39.4. The van der Waals surface area contributed by atoms with Gasteiger partial charge in [-0.15, -0.1) is 0 Å². The third kappa shape index (κ3) is 28.4. The summed E-state index contributed by atoms with van der Waals surface area (Å²) < 4.78 is 71.9. The molecule has 21 N–H and O–H groups in total. The lowest BCUT2D eigenvalue weighted by molar-refractivity contribution is -0.397. The zero-order valence-electron chi connectivity index (χ0n) is 64.1. The Bertz CT molecular complexity index is 2560. The molecule has 6 saturated heterocycles. The molecule has 0 saturated carbocycles. The molecule has 642 valence electrons. The van der Waals surface area contributed by atoms with Gasteiger partial charge in [-0.05, 0) is 19.3 Å². The van der Waals surface area contributed by atoms with Crippen molar-refractivity contribution in [3.8, 4) is 0 Å². The van der Waals surface area contributed by atoms with E-state index in [9.17, 15) is 106 Å². The van der Waals surface area contributed by atoms with Crippen molar-refractivity contribution in [3.63, 3.8) is 0 Å². The molecule has 0 aromatic heterocycles. The Balaban J connectivity index is 1.21. The maximum atomic E-state index is 13.6. The minimum Gasteiger partial charge on any atom is -0.394 e. The van der Waals surface area contributed by atoms with Gasteiger partial charge in [-0.2, -0.15) is 0 Å². The Morgan fingerprint density at radius 1 is 0.355 bits per heavy atom. The highest BCUT2D eigenvalue weighted by molar-refractivity contribution is 5.76. The molecule has 6 fully saturated rings. The quantitative estimate of drug-likeness (QED) is 0.0211. The van der Waals surface area contributed by atoms with Crippen LogP contribution in [0.5, 0.6) is 0 Å². The van der Waals surface area contributed by atoms with E-state index in [4.69, 9.17) is 56.8 Å². The molecule has 6 aliphatic rings. The predicted octanol–water partition coefficient (Wildman–Crippen LogP) is -3.20. The standard InChI is InChI=1S/C74H133N3O33/c1-5-7-9-11-13-15-17-19-21-23-25-27-29-31-43(86)42(77-50(87)32-30-28-26-24-22-20-18-16-14-12-10-8-6-2)39-99-71-61(96)59(94)65(48(37-82)104-71)107-74-63(98)68(66(49(38-83)105-74)108-69-51(75-40(3)84)56(91)53(88)44(33-78)100-69)110-70-52(76-41(4)85)57(92)64(47(36-81)103-70)106-73-62(97)67(55(90)46(35-80)102-73)109-72-60(95)58(93)54(89)45(34-79)101-72/h29,31,42-49,51-74,78-83,86,88-98H,5-28,30,32-39H2,1-4H3,(H,75,84)(H,76,85)(H,77,87)/b31-29+/t42-,43+,44?,45?,46?,47?,48?,49?,51?,52?,53-,54-,55-,56+,57+,58-,59+,60?,61?,62?,63?,64+,65+,66-,67-,68+,69-,70-,71+,72+,73-,74-/m0/s1. The van der Waals surface area contributed by atoms with Crippen LogP contribution in [0.3, 0.4) is 0 Å². The predicted molar refractivity (Wildman–Crippen MR) is 385 cm³/mol. The van der Waals surface area contributed by atoms with Gasteiger partial charge in [0.25, 0.3) is 0 Å². The van der Waals surface area contributed by atoms with Crippen molar-refractivity contribution in [2.45, 2.75) is 391 Å². The molecule has 0 aromatic carbocycles. The molecule has 0 spiro atoms. The van der Waals surface area contributed by atoms with Crippen molar-refractivity contribution in [2.75, 3.05) is 46.2 Å². The first kappa shape index (κ1) is 95.8. The number of nitrogens with one attached hydrogen (secondary N) is 3. The maximum absolute atomic E-state index is 13.6. The summed E-state index contributed by atoms with van der Waals surface area (Å²) in [5.41, 5.74) is 0. The molecular formula is C74H133N3O33. The third-order valence-electron chi connectivity index (χ3n) is 21.2. The first-order valence-corrected chi connectivity index (χ1v) is 40.0. The number of amides is 3. The molecule has 12 unspecified atom stereocenters. The van der Waals surface area contributed by atoms with E-state index in [1.54, 1.807) is 6.08 Å². The van der Waals surface area contributed by atoms with E-state index in [2.05, 4.69) is 29.8 Å². The SMILES string of the molecule is CCCCCCCCCCCCC/C=C/[C@@H](O)[C@H](CO[C@@H]1OC(CO)[C@@H](O[C@@H]2OC(CO)[C@H](O[C@@H]3OC(CO)[C@H](O)[C@H](O)C3NC(C)=O)[C@H](O[C@@H]3OC(CO)[C@@H](O[C@@H]4OC(CO)[C@H](O)[C@H](O[C@H]5OC(CO)[C@H](O)[C@H](O)C5O)C4O)[C@H](O)C3NC(C)=O)C2O)[C@H](O)C1O)NC(=O)CCCCCCCCCCCCCCC. The fourth-order valence-electron chi connectivity index (χ4n) is 14.7. The minimum absolute atomic E-state index is 0.150. The second-order valence-electron chi connectivity index (χ2n) is 29.9. The van der Waals surface area contributed by atoms with Gasteiger partial charge in [-0.25, -0.2) is 0 Å². The minimum atomic E-state index is -2.35. The highest BCUT2D eigenvalue weighted by Gasteiger charge is 2.59. The van der Waals surface area contributed by atoms with E-state index >= 15 is 0 Å². The van der Waals surface area contributed by atoms with Crippen molar-refractivity contribution in [1.29, 1.82) is 0 Å². The molecule has 110 heavy (non-hydrogen) atoms. The molecule has 32 atom stereocenters. The highest BCUT2D eigenvalue weighted by Crippen LogP contribution is 2.39. The summed E-state index contributed by atoms with van der Waals surface area (Å²) >= 11 is 0. The molecule has 36 heteroatoms. The molecule has 6 heterocycles. The summed E-state index contributed by atoms with van der Waals surface area (Å²) in [7, 11) is 0. The van der Waals surface area contributed by atoms with Crippen LogP contribution in [0.1, 0.15) is 195 Å². The van der Waals surface area contributed by atoms with Gasteiger partial charge in [-0.1, -0.05) is 167 Å². The smallest absolute Gasteiger partial charge is 0.220 e. The summed E-state index contributed by atoms with van der Waals surface area (Å²) in [6, 6.07) is -4.75. The molecule has 0 radical (unpaired) electrons. The van der Waals surface area contributed by atoms with Crippen molar-refractivity contribution in [1.82, 2.24) is 16.0 Å². The van der Waals surface area contributed by atoms with Crippen LogP contribution in [0, 0.1) is 0 Å².